The van der Waals surface area contributed by atoms with Gasteiger partial charge in [-0.1, -0.05) is 57.2 Å². The minimum Gasteiger partial charge on any atom is -0.496 e. The van der Waals surface area contributed by atoms with Crippen LogP contribution < -0.4 is 10.1 Å². The maximum atomic E-state index is 13.3. The van der Waals surface area contributed by atoms with Crippen LogP contribution in [0.1, 0.15) is 48.0 Å². The van der Waals surface area contributed by atoms with E-state index in [0.717, 1.165) is 5.56 Å². The molecule has 0 aliphatic rings. The molecule has 0 bridgehead atoms. The molecule has 3 aromatic carbocycles. The quantitative estimate of drug-likeness (QED) is 0.208. The Morgan fingerprint density at radius 2 is 1.71 bits per heavy atom. The number of carbonyl (C=O) groups excluding carboxylic acids is 2. The molecule has 1 aromatic heterocycles. The number of rotatable bonds is 6. The molecule has 0 aliphatic heterocycles. The number of methoxy groups -OCH3 is 1. The number of amides is 1. The van der Waals surface area contributed by atoms with Crippen molar-refractivity contribution in [2.24, 2.45) is 0 Å². The number of carbonyl (C=O) groups is 2. The molecule has 0 atom stereocenters. The summed E-state index contributed by atoms with van der Waals surface area (Å²) in [5, 5.41) is 3.50. The van der Waals surface area contributed by atoms with Crippen LogP contribution in [0.5, 0.6) is 5.75 Å². The van der Waals surface area contributed by atoms with Crippen molar-refractivity contribution in [1.29, 1.82) is 0 Å². The number of hydrogen-bond acceptors (Lipinski definition) is 4. The molecule has 0 fully saturated rings. The average Bonchev–Trinajstić information content (AvgIpc) is 3.20. The second-order valence-electron chi connectivity index (χ2n) is 9.18. The van der Waals surface area contributed by atoms with E-state index in [1.54, 1.807) is 37.5 Å². The Balaban J connectivity index is 1.62. The first kappa shape index (κ1) is 24.5. The third-order valence-corrected chi connectivity index (χ3v) is 6.29. The van der Waals surface area contributed by atoms with Crippen LogP contribution in [0.25, 0.3) is 17.0 Å². The van der Waals surface area contributed by atoms with Crippen LogP contribution in [-0.4, -0.2) is 18.8 Å². The number of furan rings is 1. The average molecular weight is 532 g/mol. The number of ether oxygens (including phenoxy) is 1. The largest absolute Gasteiger partial charge is 0.496 e. The molecule has 0 radical (unpaired) electrons. The highest BCUT2D eigenvalue weighted by molar-refractivity contribution is 9.10. The summed E-state index contributed by atoms with van der Waals surface area (Å²) < 4.78 is 11.8. The van der Waals surface area contributed by atoms with E-state index >= 15 is 0 Å². The van der Waals surface area contributed by atoms with Crippen LogP contribution in [0.2, 0.25) is 0 Å². The number of anilines is 1. The summed E-state index contributed by atoms with van der Waals surface area (Å²) in [6, 6.07) is 20.3. The monoisotopic (exact) mass is 531 g/mol. The zero-order chi connectivity index (χ0) is 25.2. The van der Waals surface area contributed by atoms with Crippen molar-refractivity contribution in [1.82, 2.24) is 0 Å². The number of ketones is 1. The van der Waals surface area contributed by atoms with E-state index in [4.69, 9.17) is 9.15 Å². The first-order chi connectivity index (χ1) is 16.7. The number of hydrogen-bond donors (Lipinski definition) is 1. The zero-order valence-corrected chi connectivity index (χ0v) is 21.6. The predicted octanol–water partition coefficient (Wildman–Crippen LogP) is 7.38. The summed E-state index contributed by atoms with van der Waals surface area (Å²) >= 11 is 3.41. The number of para-hydroxylation sites is 1. The van der Waals surface area contributed by atoms with Crippen LogP contribution in [0.15, 0.2) is 81.7 Å². The molecule has 0 saturated carbocycles. The van der Waals surface area contributed by atoms with Crippen LogP contribution in [-0.2, 0) is 10.2 Å². The van der Waals surface area contributed by atoms with Gasteiger partial charge in [0, 0.05) is 17.0 Å². The maximum Gasteiger partial charge on any atom is 0.248 e. The van der Waals surface area contributed by atoms with Gasteiger partial charge in [0.2, 0.25) is 11.7 Å². The number of benzene rings is 3. The highest BCUT2D eigenvalue weighted by Gasteiger charge is 2.23. The summed E-state index contributed by atoms with van der Waals surface area (Å²) in [6.45, 7) is 6.47. The minimum absolute atomic E-state index is 0.0599. The topological polar surface area (TPSA) is 68.5 Å². The Bertz CT molecular complexity index is 1430. The number of halogens is 1. The second kappa shape index (κ2) is 9.92. The second-order valence-corrected chi connectivity index (χ2v) is 10.0. The van der Waals surface area contributed by atoms with E-state index in [-0.39, 0.29) is 22.9 Å². The van der Waals surface area contributed by atoms with E-state index in [0.29, 0.717) is 32.4 Å². The smallest absolute Gasteiger partial charge is 0.248 e. The fourth-order valence-corrected chi connectivity index (χ4v) is 4.24. The normalized spacial score (nSPS) is 11.7. The molecule has 6 heteroatoms. The van der Waals surface area contributed by atoms with Gasteiger partial charge in [-0.05, 0) is 68.9 Å². The summed E-state index contributed by atoms with van der Waals surface area (Å²) in [4.78, 5) is 26.2. The van der Waals surface area contributed by atoms with Gasteiger partial charge in [0.15, 0.2) is 5.76 Å². The lowest BCUT2D eigenvalue weighted by Crippen LogP contribution is -2.11. The van der Waals surface area contributed by atoms with Crippen LogP contribution in [0.4, 0.5) is 5.69 Å². The summed E-state index contributed by atoms with van der Waals surface area (Å²) in [6.07, 6.45) is 3.19. The SMILES string of the molecule is COc1ccc(C(=O)c2oc3ccccc3c2NC(=O)/C=C/c2ccc(C(C)(C)C)cc2)cc1Br. The van der Waals surface area contributed by atoms with Crippen molar-refractivity contribution in [3.05, 3.63) is 99.7 Å². The Morgan fingerprint density at radius 3 is 2.37 bits per heavy atom. The Morgan fingerprint density at radius 1 is 1.00 bits per heavy atom. The molecule has 4 aromatic rings. The molecule has 0 unspecified atom stereocenters. The van der Waals surface area contributed by atoms with E-state index in [9.17, 15) is 9.59 Å². The Labute approximate surface area is 212 Å². The van der Waals surface area contributed by atoms with Crippen molar-refractivity contribution < 1.29 is 18.7 Å². The molecule has 1 amide bonds. The lowest BCUT2D eigenvalue weighted by molar-refractivity contribution is -0.111. The van der Waals surface area contributed by atoms with Crippen molar-refractivity contribution in [2.45, 2.75) is 26.2 Å². The van der Waals surface area contributed by atoms with Crippen LogP contribution >= 0.6 is 15.9 Å². The fourth-order valence-electron chi connectivity index (χ4n) is 3.70. The van der Waals surface area contributed by atoms with E-state index in [2.05, 4.69) is 54.2 Å². The molecular formula is C29H26BrNO4. The molecule has 4 rings (SSSR count). The fraction of sp³-hybridized carbons (Fsp3) is 0.172. The van der Waals surface area contributed by atoms with E-state index in [1.165, 1.54) is 11.6 Å². The third-order valence-electron chi connectivity index (χ3n) is 5.67. The molecule has 35 heavy (non-hydrogen) atoms. The lowest BCUT2D eigenvalue weighted by Gasteiger charge is -2.18. The van der Waals surface area contributed by atoms with Gasteiger partial charge in [0.25, 0.3) is 0 Å². The zero-order valence-electron chi connectivity index (χ0n) is 20.0. The summed E-state index contributed by atoms with van der Waals surface area (Å²) in [5.74, 6) is -0.0251. The number of fused-ring (bicyclic) bond motifs is 1. The van der Waals surface area contributed by atoms with Crippen LogP contribution in [0.3, 0.4) is 0 Å². The third kappa shape index (κ3) is 5.38. The molecule has 1 N–H and O–H groups in total. The Hall–Kier alpha value is -3.64. The standard InChI is InChI=1S/C29H26BrNO4/c1-29(2,3)20-13-9-18(10-14-20)11-16-25(32)31-26-21-7-5-6-8-23(21)35-28(26)27(33)19-12-15-24(34-4)22(30)17-19/h5-17H,1-4H3,(H,31,32)/b16-11+. The number of nitrogens with one attached hydrogen (secondary N) is 1. The van der Waals surface area contributed by atoms with Gasteiger partial charge in [-0.25, -0.2) is 0 Å². The first-order valence-corrected chi connectivity index (χ1v) is 12.0. The van der Waals surface area contributed by atoms with Crippen LogP contribution in [0, 0.1) is 0 Å². The van der Waals surface area contributed by atoms with E-state index in [1.807, 2.05) is 30.3 Å². The van der Waals surface area contributed by atoms with Crippen molar-refractivity contribution >= 4 is 50.4 Å². The summed E-state index contributed by atoms with van der Waals surface area (Å²) in [7, 11) is 1.56. The highest BCUT2D eigenvalue weighted by atomic mass is 79.9. The van der Waals surface area contributed by atoms with Gasteiger partial charge in [0.1, 0.15) is 11.3 Å². The molecule has 0 saturated heterocycles. The van der Waals surface area contributed by atoms with Crippen molar-refractivity contribution in [3.63, 3.8) is 0 Å². The van der Waals surface area contributed by atoms with Gasteiger partial charge >= 0.3 is 0 Å². The van der Waals surface area contributed by atoms with Crippen molar-refractivity contribution in [2.75, 3.05) is 12.4 Å². The molecular weight excluding hydrogens is 506 g/mol. The van der Waals surface area contributed by atoms with Gasteiger partial charge in [-0.15, -0.1) is 0 Å². The molecule has 1 heterocycles. The Kier molecular flexibility index (Phi) is 6.94. The van der Waals surface area contributed by atoms with Gasteiger partial charge in [-0.3, -0.25) is 9.59 Å². The lowest BCUT2D eigenvalue weighted by atomic mass is 9.87. The van der Waals surface area contributed by atoms with Crippen molar-refractivity contribution in [3.8, 4) is 5.75 Å². The van der Waals surface area contributed by atoms with Gasteiger partial charge in [-0.2, -0.15) is 0 Å². The van der Waals surface area contributed by atoms with Gasteiger partial charge < -0.3 is 14.5 Å². The maximum absolute atomic E-state index is 13.3. The molecule has 0 spiro atoms. The predicted molar refractivity (Wildman–Crippen MR) is 143 cm³/mol. The summed E-state index contributed by atoms with van der Waals surface area (Å²) in [5.41, 5.74) is 3.45. The van der Waals surface area contributed by atoms with Gasteiger partial charge in [0.05, 0.1) is 17.3 Å². The first-order valence-electron chi connectivity index (χ1n) is 11.2. The highest BCUT2D eigenvalue weighted by Crippen LogP contribution is 2.34. The molecule has 5 nitrogen and oxygen atoms in total. The van der Waals surface area contributed by atoms with E-state index < -0.39 is 0 Å². The molecule has 0 aliphatic carbocycles. The minimum atomic E-state index is -0.360. The molecule has 178 valence electrons.